The number of hydrogen-bond donors (Lipinski definition) is 1. The van der Waals surface area contributed by atoms with E-state index in [1.165, 1.54) is 6.39 Å². The Bertz CT molecular complexity index is 409. The summed E-state index contributed by atoms with van der Waals surface area (Å²) in [5.74, 6) is 0.801. The number of nitrogens with zero attached hydrogens (tertiary/aromatic N) is 1. The lowest BCUT2D eigenvalue weighted by molar-refractivity contribution is 0.572. The molecule has 3 nitrogen and oxygen atoms in total. The summed E-state index contributed by atoms with van der Waals surface area (Å²) in [6.07, 6.45) is 4.28. The van der Waals surface area contributed by atoms with Crippen molar-refractivity contribution < 1.29 is 4.42 Å². The van der Waals surface area contributed by atoms with Gasteiger partial charge >= 0.3 is 0 Å². The maximum absolute atomic E-state index is 5.24. The summed E-state index contributed by atoms with van der Waals surface area (Å²) in [7, 11) is 0. The molecule has 1 aromatic carbocycles. The van der Waals surface area contributed by atoms with Crippen LogP contribution < -0.4 is 5.32 Å². The molecular weight excluding hydrogens is 188 g/mol. The number of benzene rings is 1. The fourth-order valence-electron chi connectivity index (χ4n) is 1.41. The minimum absolute atomic E-state index is 0.801. The highest BCUT2D eigenvalue weighted by atomic mass is 16.3. The predicted octanol–water partition coefficient (Wildman–Crippen LogP) is 3.16. The van der Waals surface area contributed by atoms with Gasteiger partial charge in [-0.2, -0.15) is 0 Å². The molecule has 78 valence electrons. The fraction of sp³-hybridized carbons (Fsp3) is 0.250. The van der Waals surface area contributed by atoms with Crippen molar-refractivity contribution in [3.63, 3.8) is 0 Å². The van der Waals surface area contributed by atoms with Gasteiger partial charge in [-0.05, 0) is 18.6 Å². The van der Waals surface area contributed by atoms with Crippen molar-refractivity contribution in [2.75, 3.05) is 11.9 Å². The molecule has 0 unspecified atom stereocenters. The fourth-order valence-corrected chi connectivity index (χ4v) is 1.41. The zero-order chi connectivity index (χ0) is 10.5. The third-order valence-corrected chi connectivity index (χ3v) is 2.16. The Morgan fingerprint density at radius 1 is 1.40 bits per heavy atom. The SMILES string of the molecule is CCCNc1cccc(-c2cnco2)c1. The van der Waals surface area contributed by atoms with Gasteiger partial charge in [0.25, 0.3) is 0 Å². The van der Waals surface area contributed by atoms with E-state index in [2.05, 4.69) is 29.4 Å². The lowest BCUT2D eigenvalue weighted by Crippen LogP contribution is -1.99. The second-order valence-electron chi connectivity index (χ2n) is 3.37. The first-order valence-corrected chi connectivity index (χ1v) is 5.13. The Balaban J connectivity index is 2.19. The molecule has 0 atom stereocenters. The van der Waals surface area contributed by atoms with Crippen LogP contribution in [0.15, 0.2) is 41.3 Å². The quantitative estimate of drug-likeness (QED) is 0.827. The monoisotopic (exact) mass is 202 g/mol. The summed E-state index contributed by atoms with van der Waals surface area (Å²) < 4.78 is 5.24. The highest BCUT2D eigenvalue weighted by Gasteiger charge is 2.01. The second kappa shape index (κ2) is 4.64. The summed E-state index contributed by atoms with van der Waals surface area (Å²) in [6.45, 7) is 3.13. The number of rotatable bonds is 4. The van der Waals surface area contributed by atoms with E-state index in [0.29, 0.717) is 0 Å². The van der Waals surface area contributed by atoms with E-state index in [9.17, 15) is 0 Å². The highest BCUT2D eigenvalue weighted by molar-refractivity contribution is 5.63. The summed E-state index contributed by atoms with van der Waals surface area (Å²) in [5, 5.41) is 3.33. The van der Waals surface area contributed by atoms with Gasteiger partial charge in [0.15, 0.2) is 12.2 Å². The van der Waals surface area contributed by atoms with Crippen molar-refractivity contribution >= 4 is 5.69 Å². The summed E-state index contributed by atoms with van der Waals surface area (Å²) in [4.78, 5) is 3.90. The van der Waals surface area contributed by atoms with Gasteiger partial charge < -0.3 is 9.73 Å². The van der Waals surface area contributed by atoms with Crippen molar-refractivity contribution in [3.8, 4) is 11.3 Å². The Labute approximate surface area is 89.1 Å². The van der Waals surface area contributed by atoms with Crippen molar-refractivity contribution in [2.24, 2.45) is 0 Å². The Kier molecular flexibility index (Phi) is 3.02. The Hall–Kier alpha value is -1.77. The zero-order valence-corrected chi connectivity index (χ0v) is 8.73. The number of oxazole rings is 1. The minimum atomic E-state index is 0.801. The van der Waals surface area contributed by atoms with Gasteiger partial charge in [-0.3, -0.25) is 0 Å². The lowest BCUT2D eigenvalue weighted by atomic mass is 10.1. The maximum atomic E-state index is 5.24. The first-order chi connectivity index (χ1) is 7.40. The van der Waals surface area contributed by atoms with E-state index in [1.807, 2.05) is 12.1 Å². The van der Waals surface area contributed by atoms with E-state index in [1.54, 1.807) is 6.20 Å². The van der Waals surface area contributed by atoms with Gasteiger partial charge in [0.2, 0.25) is 0 Å². The van der Waals surface area contributed by atoms with E-state index in [0.717, 1.165) is 30.0 Å². The minimum Gasteiger partial charge on any atom is -0.444 e. The van der Waals surface area contributed by atoms with Crippen molar-refractivity contribution in [1.82, 2.24) is 4.98 Å². The Morgan fingerprint density at radius 3 is 3.07 bits per heavy atom. The van der Waals surface area contributed by atoms with Gasteiger partial charge in [-0.25, -0.2) is 4.98 Å². The zero-order valence-electron chi connectivity index (χ0n) is 8.73. The van der Waals surface area contributed by atoms with Crippen LogP contribution >= 0.6 is 0 Å². The molecule has 0 aliphatic heterocycles. The van der Waals surface area contributed by atoms with E-state index < -0.39 is 0 Å². The molecule has 0 aliphatic rings. The van der Waals surface area contributed by atoms with E-state index >= 15 is 0 Å². The maximum Gasteiger partial charge on any atom is 0.181 e. The Morgan fingerprint density at radius 2 is 2.33 bits per heavy atom. The highest BCUT2D eigenvalue weighted by Crippen LogP contribution is 2.21. The molecule has 1 heterocycles. The molecule has 1 N–H and O–H groups in total. The van der Waals surface area contributed by atoms with Crippen LogP contribution in [0.4, 0.5) is 5.69 Å². The van der Waals surface area contributed by atoms with Crippen LogP contribution in [0.5, 0.6) is 0 Å². The van der Waals surface area contributed by atoms with Crippen LogP contribution in [0.3, 0.4) is 0 Å². The van der Waals surface area contributed by atoms with Crippen LogP contribution in [0.25, 0.3) is 11.3 Å². The number of nitrogens with one attached hydrogen (secondary N) is 1. The van der Waals surface area contributed by atoms with E-state index in [-0.39, 0.29) is 0 Å². The molecule has 2 aromatic rings. The number of aromatic nitrogens is 1. The first kappa shape index (κ1) is 9.77. The molecule has 0 amide bonds. The van der Waals surface area contributed by atoms with Crippen LogP contribution in [0.1, 0.15) is 13.3 Å². The molecule has 2 rings (SSSR count). The van der Waals surface area contributed by atoms with Gasteiger partial charge in [0.1, 0.15) is 0 Å². The third kappa shape index (κ3) is 2.37. The van der Waals surface area contributed by atoms with Crippen LogP contribution in [-0.4, -0.2) is 11.5 Å². The normalized spacial score (nSPS) is 10.2. The standard InChI is InChI=1S/C12H14N2O/c1-2-6-14-11-5-3-4-10(7-11)12-8-13-9-15-12/h3-5,7-9,14H,2,6H2,1H3. The molecule has 0 radical (unpaired) electrons. The molecule has 0 aliphatic carbocycles. The van der Waals surface area contributed by atoms with Crippen LogP contribution in [-0.2, 0) is 0 Å². The largest absolute Gasteiger partial charge is 0.444 e. The van der Waals surface area contributed by atoms with Gasteiger partial charge in [-0.15, -0.1) is 0 Å². The third-order valence-electron chi connectivity index (χ3n) is 2.16. The molecule has 3 heteroatoms. The van der Waals surface area contributed by atoms with Gasteiger partial charge in [0.05, 0.1) is 6.20 Å². The van der Waals surface area contributed by atoms with Crippen molar-refractivity contribution in [1.29, 1.82) is 0 Å². The molecular formula is C12H14N2O. The summed E-state index contributed by atoms with van der Waals surface area (Å²) in [5.41, 5.74) is 2.17. The first-order valence-electron chi connectivity index (χ1n) is 5.13. The summed E-state index contributed by atoms with van der Waals surface area (Å²) >= 11 is 0. The lowest BCUT2D eigenvalue weighted by Gasteiger charge is -2.05. The summed E-state index contributed by atoms with van der Waals surface area (Å²) in [6, 6.07) is 8.14. The molecule has 0 saturated carbocycles. The second-order valence-corrected chi connectivity index (χ2v) is 3.37. The number of anilines is 1. The van der Waals surface area contributed by atoms with Gasteiger partial charge in [0, 0.05) is 17.8 Å². The smallest absolute Gasteiger partial charge is 0.181 e. The van der Waals surface area contributed by atoms with Crippen molar-refractivity contribution in [3.05, 3.63) is 36.9 Å². The van der Waals surface area contributed by atoms with E-state index in [4.69, 9.17) is 4.42 Å². The number of hydrogen-bond acceptors (Lipinski definition) is 3. The molecule has 0 spiro atoms. The molecule has 15 heavy (non-hydrogen) atoms. The predicted molar refractivity (Wildman–Crippen MR) is 60.7 cm³/mol. The van der Waals surface area contributed by atoms with Crippen LogP contribution in [0.2, 0.25) is 0 Å². The van der Waals surface area contributed by atoms with Crippen molar-refractivity contribution in [2.45, 2.75) is 13.3 Å². The van der Waals surface area contributed by atoms with Crippen LogP contribution in [0, 0.1) is 0 Å². The molecule has 0 fully saturated rings. The topological polar surface area (TPSA) is 38.1 Å². The molecule has 0 bridgehead atoms. The molecule has 1 aromatic heterocycles. The average molecular weight is 202 g/mol. The average Bonchev–Trinajstić information content (AvgIpc) is 2.80. The molecule has 0 saturated heterocycles. The van der Waals surface area contributed by atoms with Gasteiger partial charge in [-0.1, -0.05) is 19.1 Å².